The maximum absolute atomic E-state index is 12.2. The molecule has 0 heterocycles. The third-order valence-corrected chi connectivity index (χ3v) is 3.50. The molecule has 0 saturated heterocycles. The summed E-state index contributed by atoms with van der Waals surface area (Å²) in [5.41, 5.74) is 7.02. The summed E-state index contributed by atoms with van der Waals surface area (Å²) in [6.07, 6.45) is 0.258. The third-order valence-electron chi connectivity index (χ3n) is 3.50. The van der Waals surface area contributed by atoms with Crippen molar-refractivity contribution in [2.75, 3.05) is 7.11 Å². The lowest BCUT2D eigenvalue weighted by molar-refractivity contribution is -0.119. The molecular weight excluding hydrogens is 306 g/mol. The smallest absolute Gasteiger partial charge is 0.251 e. The summed E-state index contributed by atoms with van der Waals surface area (Å²) in [4.78, 5) is 23.9. The van der Waals surface area contributed by atoms with Gasteiger partial charge in [0, 0.05) is 12.0 Å². The number of carbonyl (C=O) groups excluding carboxylic acids is 2. The highest BCUT2D eigenvalue weighted by molar-refractivity contribution is 5.97. The molecule has 6 nitrogen and oxygen atoms in total. The van der Waals surface area contributed by atoms with Crippen LogP contribution < -0.4 is 15.8 Å². The van der Waals surface area contributed by atoms with Crippen molar-refractivity contribution in [3.05, 3.63) is 65.2 Å². The molecule has 2 aromatic rings. The number of methoxy groups -OCH3 is 1. The number of carbonyl (C=O) groups is 2. The lowest BCUT2D eigenvalue weighted by Gasteiger charge is -2.16. The van der Waals surface area contributed by atoms with Crippen LogP contribution in [0.3, 0.4) is 0 Å². The molecule has 0 aliphatic heterocycles. The highest BCUT2D eigenvalue weighted by atomic mass is 16.5. The number of benzene rings is 2. The van der Waals surface area contributed by atoms with E-state index in [-0.39, 0.29) is 6.42 Å². The zero-order valence-electron chi connectivity index (χ0n) is 13.2. The van der Waals surface area contributed by atoms with Gasteiger partial charge in [0.2, 0.25) is 5.91 Å². The van der Waals surface area contributed by atoms with Crippen LogP contribution in [0.25, 0.3) is 0 Å². The van der Waals surface area contributed by atoms with E-state index in [1.165, 1.54) is 24.3 Å². The maximum Gasteiger partial charge on any atom is 0.251 e. The number of hydrogen-bond donors (Lipinski definition) is 2. The summed E-state index contributed by atoms with van der Waals surface area (Å²) in [6.45, 7) is 0. The van der Waals surface area contributed by atoms with E-state index >= 15 is 0 Å². The quantitative estimate of drug-likeness (QED) is 0.838. The standard InChI is InChI=1S/C18H17N3O3/c1-24-15-4-2-3-13(9-15)10-16(17(20)22)21-18(23)14-7-5-12(11-19)6-8-14/h2-9,16H,10H2,1H3,(H2,20,22)(H,21,23)/t16-/m1/s1. The molecule has 2 amide bonds. The zero-order chi connectivity index (χ0) is 17.5. The van der Waals surface area contributed by atoms with Crippen molar-refractivity contribution >= 4 is 11.8 Å². The number of nitrogens with zero attached hydrogens (tertiary/aromatic N) is 1. The van der Waals surface area contributed by atoms with E-state index in [4.69, 9.17) is 15.7 Å². The van der Waals surface area contributed by atoms with Gasteiger partial charge in [0.15, 0.2) is 0 Å². The lowest BCUT2D eigenvalue weighted by Crippen LogP contribution is -2.45. The predicted molar refractivity (Wildman–Crippen MR) is 88.3 cm³/mol. The number of hydrogen-bond acceptors (Lipinski definition) is 4. The van der Waals surface area contributed by atoms with Crippen LogP contribution in [0.1, 0.15) is 21.5 Å². The van der Waals surface area contributed by atoms with E-state index < -0.39 is 17.9 Å². The lowest BCUT2D eigenvalue weighted by atomic mass is 10.0. The van der Waals surface area contributed by atoms with Crippen molar-refractivity contribution < 1.29 is 14.3 Å². The average Bonchev–Trinajstić information content (AvgIpc) is 2.61. The van der Waals surface area contributed by atoms with Crippen molar-refractivity contribution in [3.63, 3.8) is 0 Å². The summed E-state index contributed by atoms with van der Waals surface area (Å²) in [5.74, 6) is -0.389. The number of nitrogens with two attached hydrogens (primary N) is 1. The first-order valence-electron chi connectivity index (χ1n) is 7.26. The van der Waals surface area contributed by atoms with Crippen molar-refractivity contribution in [1.82, 2.24) is 5.32 Å². The van der Waals surface area contributed by atoms with Gasteiger partial charge in [-0.2, -0.15) is 5.26 Å². The molecule has 24 heavy (non-hydrogen) atoms. The molecule has 0 fully saturated rings. The molecule has 0 bridgehead atoms. The van der Waals surface area contributed by atoms with E-state index in [1.807, 2.05) is 12.1 Å². The van der Waals surface area contributed by atoms with Crippen molar-refractivity contribution in [2.45, 2.75) is 12.5 Å². The van der Waals surface area contributed by atoms with E-state index in [1.54, 1.807) is 25.3 Å². The van der Waals surface area contributed by atoms with E-state index in [2.05, 4.69) is 5.32 Å². The number of rotatable bonds is 6. The van der Waals surface area contributed by atoms with E-state index in [9.17, 15) is 9.59 Å². The third kappa shape index (κ3) is 4.34. The molecule has 2 rings (SSSR count). The summed E-state index contributed by atoms with van der Waals surface area (Å²) >= 11 is 0. The Hall–Kier alpha value is -3.33. The van der Waals surface area contributed by atoms with Crippen LogP contribution in [0.4, 0.5) is 0 Å². The van der Waals surface area contributed by atoms with Crippen LogP contribution in [0.5, 0.6) is 5.75 Å². The van der Waals surface area contributed by atoms with Crippen LogP contribution >= 0.6 is 0 Å². The Morgan fingerprint density at radius 3 is 2.54 bits per heavy atom. The van der Waals surface area contributed by atoms with Gasteiger partial charge in [-0.15, -0.1) is 0 Å². The first kappa shape index (κ1) is 17.0. The minimum atomic E-state index is -0.847. The van der Waals surface area contributed by atoms with Crippen LogP contribution in [0.15, 0.2) is 48.5 Å². The monoisotopic (exact) mass is 323 g/mol. The number of nitriles is 1. The SMILES string of the molecule is COc1cccc(C[C@@H](NC(=O)c2ccc(C#N)cc2)C(N)=O)c1. The van der Waals surface area contributed by atoms with Gasteiger partial charge in [0.05, 0.1) is 18.7 Å². The van der Waals surface area contributed by atoms with Crippen molar-refractivity contribution in [2.24, 2.45) is 5.73 Å². The number of nitrogens with one attached hydrogen (secondary N) is 1. The van der Waals surface area contributed by atoms with Gasteiger partial charge in [-0.05, 0) is 42.0 Å². The van der Waals surface area contributed by atoms with Gasteiger partial charge >= 0.3 is 0 Å². The van der Waals surface area contributed by atoms with Crippen molar-refractivity contribution in [3.8, 4) is 11.8 Å². The highest BCUT2D eigenvalue weighted by Gasteiger charge is 2.19. The van der Waals surface area contributed by atoms with E-state index in [0.717, 1.165) is 5.56 Å². The number of primary amides is 1. The first-order valence-corrected chi connectivity index (χ1v) is 7.26. The second kappa shape index (κ2) is 7.79. The molecule has 122 valence electrons. The van der Waals surface area contributed by atoms with Gasteiger partial charge in [-0.1, -0.05) is 12.1 Å². The largest absolute Gasteiger partial charge is 0.497 e. The van der Waals surface area contributed by atoms with Gasteiger partial charge < -0.3 is 15.8 Å². The predicted octanol–water partition coefficient (Wildman–Crippen LogP) is 1.39. The van der Waals surface area contributed by atoms with Gasteiger partial charge in [-0.3, -0.25) is 9.59 Å². The van der Waals surface area contributed by atoms with Gasteiger partial charge in [0.1, 0.15) is 11.8 Å². The fourth-order valence-electron chi connectivity index (χ4n) is 2.20. The molecule has 1 atom stereocenters. The number of amides is 2. The zero-order valence-corrected chi connectivity index (χ0v) is 13.2. The number of ether oxygens (including phenoxy) is 1. The Balaban J connectivity index is 2.11. The second-order valence-electron chi connectivity index (χ2n) is 5.17. The van der Waals surface area contributed by atoms with Crippen LogP contribution in [-0.2, 0) is 11.2 Å². The minimum Gasteiger partial charge on any atom is -0.497 e. The Kier molecular flexibility index (Phi) is 5.53. The van der Waals surface area contributed by atoms with Crippen LogP contribution in [0, 0.1) is 11.3 Å². The summed E-state index contributed by atoms with van der Waals surface area (Å²) < 4.78 is 5.14. The molecule has 0 aliphatic carbocycles. The topological polar surface area (TPSA) is 105 Å². The van der Waals surface area contributed by atoms with Gasteiger partial charge in [-0.25, -0.2) is 0 Å². The van der Waals surface area contributed by atoms with Crippen LogP contribution in [-0.4, -0.2) is 25.0 Å². The molecule has 2 aromatic carbocycles. The van der Waals surface area contributed by atoms with E-state index in [0.29, 0.717) is 16.9 Å². The molecule has 0 saturated carbocycles. The molecule has 0 aliphatic rings. The molecule has 0 aromatic heterocycles. The first-order chi connectivity index (χ1) is 11.5. The molecule has 0 spiro atoms. The van der Waals surface area contributed by atoms with Crippen LogP contribution in [0.2, 0.25) is 0 Å². The fourth-order valence-corrected chi connectivity index (χ4v) is 2.20. The Morgan fingerprint density at radius 2 is 1.96 bits per heavy atom. The van der Waals surface area contributed by atoms with Crippen molar-refractivity contribution in [1.29, 1.82) is 5.26 Å². The highest BCUT2D eigenvalue weighted by Crippen LogP contribution is 2.14. The Bertz CT molecular complexity index is 779. The molecule has 0 radical (unpaired) electrons. The Morgan fingerprint density at radius 1 is 1.25 bits per heavy atom. The molecule has 3 N–H and O–H groups in total. The second-order valence-corrected chi connectivity index (χ2v) is 5.17. The average molecular weight is 323 g/mol. The maximum atomic E-state index is 12.2. The molecular formula is C18H17N3O3. The minimum absolute atomic E-state index is 0.258. The Labute approximate surface area is 139 Å². The normalized spacial score (nSPS) is 11.2. The molecule has 6 heteroatoms. The molecule has 0 unspecified atom stereocenters. The fraction of sp³-hybridized carbons (Fsp3) is 0.167. The summed E-state index contributed by atoms with van der Waals surface area (Å²) in [5, 5.41) is 11.4. The van der Waals surface area contributed by atoms with Gasteiger partial charge in [0.25, 0.3) is 5.91 Å². The summed E-state index contributed by atoms with van der Waals surface area (Å²) in [6, 6.07) is 14.5. The summed E-state index contributed by atoms with van der Waals surface area (Å²) in [7, 11) is 1.55.